The van der Waals surface area contributed by atoms with Crippen molar-refractivity contribution in [2.24, 2.45) is 11.8 Å². The van der Waals surface area contributed by atoms with Gasteiger partial charge < -0.3 is 4.90 Å². The Bertz CT molecular complexity index is 454. The first-order chi connectivity index (χ1) is 8.61. The Morgan fingerprint density at radius 1 is 1.33 bits per heavy atom. The van der Waals surface area contributed by atoms with Gasteiger partial charge in [-0.05, 0) is 42.9 Å². The zero-order valence-electron chi connectivity index (χ0n) is 11.0. The Hall–Kier alpha value is -1.01. The van der Waals surface area contributed by atoms with Gasteiger partial charge in [0.2, 0.25) is 0 Å². The van der Waals surface area contributed by atoms with E-state index in [-0.39, 0.29) is 0 Å². The molecular weight excluding hydrogens is 288 g/mol. The van der Waals surface area contributed by atoms with Crippen LogP contribution in [-0.4, -0.2) is 13.1 Å². The van der Waals surface area contributed by atoms with Gasteiger partial charge in [-0.15, -0.1) is 0 Å². The first-order valence-electron chi connectivity index (χ1n) is 6.56. The molecule has 0 aromatic heterocycles. The average molecular weight is 307 g/mol. The first kappa shape index (κ1) is 13.4. The molecule has 0 aliphatic carbocycles. The van der Waals surface area contributed by atoms with E-state index in [1.165, 1.54) is 12.8 Å². The van der Waals surface area contributed by atoms with Gasteiger partial charge in [-0.25, -0.2) is 0 Å². The maximum absolute atomic E-state index is 9.22. The van der Waals surface area contributed by atoms with Gasteiger partial charge in [0.25, 0.3) is 0 Å². The van der Waals surface area contributed by atoms with E-state index in [1.807, 2.05) is 12.1 Å². The lowest BCUT2D eigenvalue weighted by molar-refractivity contribution is 0.311. The van der Waals surface area contributed by atoms with Crippen molar-refractivity contribution < 1.29 is 0 Å². The van der Waals surface area contributed by atoms with E-state index in [0.717, 1.165) is 40.6 Å². The molecule has 1 aliphatic rings. The Morgan fingerprint density at radius 2 is 2.00 bits per heavy atom. The van der Waals surface area contributed by atoms with E-state index in [4.69, 9.17) is 0 Å². The minimum atomic E-state index is 0.771. The SMILES string of the molecule is CC(C)C1CCN(c2ccc(Br)cc2C#N)CC1. The summed E-state index contributed by atoms with van der Waals surface area (Å²) in [6.07, 6.45) is 2.47. The maximum Gasteiger partial charge on any atom is 0.101 e. The molecule has 96 valence electrons. The molecular formula is C15H19BrN2. The molecule has 0 bridgehead atoms. The van der Waals surface area contributed by atoms with Crippen molar-refractivity contribution in [3.63, 3.8) is 0 Å². The standard InChI is InChI=1S/C15H19BrN2/c1-11(2)12-5-7-18(8-6-12)15-4-3-14(16)9-13(15)10-17/h3-4,9,11-12H,5-8H2,1-2H3. The lowest BCUT2D eigenvalue weighted by Crippen LogP contribution is -2.35. The summed E-state index contributed by atoms with van der Waals surface area (Å²) in [7, 11) is 0. The Labute approximate surface area is 118 Å². The highest BCUT2D eigenvalue weighted by Crippen LogP contribution is 2.30. The zero-order valence-corrected chi connectivity index (χ0v) is 12.6. The van der Waals surface area contributed by atoms with E-state index in [1.54, 1.807) is 0 Å². The molecule has 2 rings (SSSR count). The van der Waals surface area contributed by atoms with Crippen LogP contribution in [0.2, 0.25) is 0 Å². The quantitative estimate of drug-likeness (QED) is 0.819. The summed E-state index contributed by atoms with van der Waals surface area (Å²) in [5, 5.41) is 9.22. The topological polar surface area (TPSA) is 27.0 Å². The fraction of sp³-hybridized carbons (Fsp3) is 0.533. The van der Waals surface area contributed by atoms with Crippen molar-refractivity contribution in [2.45, 2.75) is 26.7 Å². The molecule has 2 nitrogen and oxygen atoms in total. The fourth-order valence-corrected chi connectivity index (χ4v) is 3.04. The van der Waals surface area contributed by atoms with E-state index in [2.05, 4.69) is 46.8 Å². The molecule has 1 aliphatic heterocycles. The maximum atomic E-state index is 9.22. The number of nitrogens with zero attached hydrogens (tertiary/aromatic N) is 2. The molecule has 0 atom stereocenters. The summed E-state index contributed by atoms with van der Waals surface area (Å²) in [5.74, 6) is 1.61. The predicted molar refractivity (Wildman–Crippen MR) is 78.6 cm³/mol. The van der Waals surface area contributed by atoms with E-state index in [9.17, 15) is 5.26 Å². The van der Waals surface area contributed by atoms with E-state index in [0.29, 0.717) is 0 Å². The van der Waals surface area contributed by atoms with Crippen LogP contribution < -0.4 is 4.90 Å². The molecule has 1 aromatic carbocycles. The van der Waals surface area contributed by atoms with Gasteiger partial charge in [0.1, 0.15) is 6.07 Å². The summed E-state index contributed by atoms with van der Waals surface area (Å²) in [5.41, 5.74) is 1.86. The molecule has 0 spiro atoms. The molecule has 1 aromatic rings. The van der Waals surface area contributed by atoms with E-state index >= 15 is 0 Å². The zero-order chi connectivity index (χ0) is 13.1. The first-order valence-corrected chi connectivity index (χ1v) is 7.35. The van der Waals surface area contributed by atoms with Gasteiger partial charge in [0.15, 0.2) is 0 Å². The van der Waals surface area contributed by atoms with Gasteiger partial charge in [-0.3, -0.25) is 0 Å². The van der Waals surface area contributed by atoms with Crippen LogP contribution in [0.4, 0.5) is 5.69 Å². The van der Waals surface area contributed by atoms with Crippen molar-refractivity contribution >= 4 is 21.6 Å². The third-order valence-corrected chi connectivity index (χ3v) is 4.40. The van der Waals surface area contributed by atoms with Crippen LogP contribution >= 0.6 is 15.9 Å². The molecule has 0 amide bonds. The van der Waals surface area contributed by atoms with Crippen LogP contribution in [0.5, 0.6) is 0 Å². The number of hydrogen-bond acceptors (Lipinski definition) is 2. The minimum Gasteiger partial charge on any atom is -0.370 e. The van der Waals surface area contributed by atoms with Crippen molar-refractivity contribution in [3.8, 4) is 6.07 Å². The van der Waals surface area contributed by atoms with Crippen LogP contribution in [0.1, 0.15) is 32.3 Å². The number of hydrogen-bond donors (Lipinski definition) is 0. The smallest absolute Gasteiger partial charge is 0.101 e. The normalized spacial score (nSPS) is 16.9. The number of piperidine rings is 1. The number of benzene rings is 1. The molecule has 1 saturated heterocycles. The van der Waals surface area contributed by atoms with Crippen molar-refractivity contribution in [2.75, 3.05) is 18.0 Å². The highest BCUT2D eigenvalue weighted by molar-refractivity contribution is 9.10. The van der Waals surface area contributed by atoms with Crippen LogP contribution in [0.25, 0.3) is 0 Å². The second-order valence-electron chi connectivity index (χ2n) is 5.34. The molecule has 0 N–H and O–H groups in total. The number of anilines is 1. The number of nitriles is 1. The number of rotatable bonds is 2. The molecule has 0 radical (unpaired) electrons. The van der Waals surface area contributed by atoms with Crippen molar-refractivity contribution in [1.29, 1.82) is 5.26 Å². The third-order valence-electron chi connectivity index (χ3n) is 3.90. The molecule has 1 fully saturated rings. The van der Waals surface area contributed by atoms with Gasteiger partial charge >= 0.3 is 0 Å². The number of halogens is 1. The molecule has 0 saturated carbocycles. The lowest BCUT2D eigenvalue weighted by Gasteiger charge is -2.35. The summed E-state index contributed by atoms with van der Waals surface area (Å²) in [4.78, 5) is 2.35. The monoisotopic (exact) mass is 306 g/mol. The van der Waals surface area contributed by atoms with Crippen LogP contribution in [0.15, 0.2) is 22.7 Å². The Kier molecular flexibility index (Phi) is 4.29. The molecule has 0 unspecified atom stereocenters. The highest BCUT2D eigenvalue weighted by atomic mass is 79.9. The molecule has 1 heterocycles. The predicted octanol–water partition coefficient (Wildman–Crippen LogP) is 4.19. The summed E-state index contributed by atoms with van der Waals surface area (Å²) < 4.78 is 0.972. The summed E-state index contributed by atoms with van der Waals surface area (Å²) in [6.45, 7) is 6.75. The second kappa shape index (κ2) is 5.75. The van der Waals surface area contributed by atoms with Crippen molar-refractivity contribution in [1.82, 2.24) is 0 Å². The largest absolute Gasteiger partial charge is 0.370 e. The summed E-state index contributed by atoms with van der Waals surface area (Å²) >= 11 is 3.42. The average Bonchev–Trinajstić information content (AvgIpc) is 2.38. The lowest BCUT2D eigenvalue weighted by atomic mass is 9.86. The van der Waals surface area contributed by atoms with Gasteiger partial charge in [-0.2, -0.15) is 5.26 Å². The Balaban J connectivity index is 2.13. The van der Waals surface area contributed by atoms with Gasteiger partial charge in [0.05, 0.1) is 11.3 Å². The minimum absolute atomic E-state index is 0.771. The Morgan fingerprint density at radius 3 is 2.56 bits per heavy atom. The highest BCUT2D eigenvalue weighted by Gasteiger charge is 2.22. The fourth-order valence-electron chi connectivity index (χ4n) is 2.68. The second-order valence-corrected chi connectivity index (χ2v) is 6.26. The van der Waals surface area contributed by atoms with Crippen LogP contribution in [0.3, 0.4) is 0 Å². The van der Waals surface area contributed by atoms with Crippen molar-refractivity contribution in [3.05, 3.63) is 28.2 Å². The van der Waals surface area contributed by atoms with Gasteiger partial charge in [0, 0.05) is 17.6 Å². The summed E-state index contributed by atoms with van der Waals surface area (Å²) in [6, 6.07) is 8.28. The third kappa shape index (κ3) is 2.87. The molecule has 18 heavy (non-hydrogen) atoms. The van der Waals surface area contributed by atoms with Crippen LogP contribution in [0, 0.1) is 23.2 Å². The van der Waals surface area contributed by atoms with Gasteiger partial charge in [-0.1, -0.05) is 29.8 Å². The van der Waals surface area contributed by atoms with Crippen LogP contribution in [-0.2, 0) is 0 Å². The molecule has 3 heteroatoms. The van der Waals surface area contributed by atoms with E-state index < -0.39 is 0 Å².